The SMILES string of the molecule is NNc1nc2ncccc2cc1-c1ccc([N+](=O)[O-])cc1. The summed E-state index contributed by atoms with van der Waals surface area (Å²) < 4.78 is 0. The maximum Gasteiger partial charge on any atom is 0.269 e. The van der Waals surface area contributed by atoms with Crippen molar-refractivity contribution in [2.24, 2.45) is 5.84 Å². The molecule has 0 saturated heterocycles. The van der Waals surface area contributed by atoms with E-state index in [0.29, 0.717) is 11.5 Å². The van der Waals surface area contributed by atoms with Gasteiger partial charge in [0, 0.05) is 29.3 Å². The van der Waals surface area contributed by atoms with E-state index >= 15 is 0 Å². The number of nitrogens with one attached hydrogen (secondary N) is 1. The first kappa shape index (κ1) is 12.9. The number of nitrogens with two attached hydrogens (primary N) is 1. The molecule has 7 nitrogen and oxygen atoms in total. The summed E-state index contributed by atoms with van der Waals surface area (Å²) >= 11 is 0. The van der Waals surface area contributed by atoms with E-state index < -0.39 is 4.92 Å². The Morgan fingerprint density at radius 3 is 2.62 bits per heavy atom. The van der Waals surface area contributed by atoms with Crippen LogP contribution < -0.4 is 11.3 Å². The minimum atomic E-state index is -0.436. The minimum Gasteiger partial charge on any atom is -0.308 e. The maximum absolute atomic E-state index is 10.7. The fourth-order valence-electron chi connectivity index (χ4n) is 2.10. The normalized spacial score (nSPS) is 10.5. The van der Waals surface area contributed by atoms with Crippen molar-refractivity contribution >= 4 is 22.5 Å². The summed E-state index contributed by atoms with van der Waals surface area (Å²) in [5.74, 6) is 5.98. The van der Waals surface area contributed by atoms with Gasteiger partial charge in [0.05, 0.1) is 4.92 Å². The molecular weight excluding hydrogens is 270 g/mol. The van der Waals surface area contributed by atoms with Crippen molar-refractivity contribution < 1.29 is 4.92 Å². The quantitative estimate of drug-likeness (QED) is 0.434. The summed E-state index contributed by atoms with van der Waals surface area (Å²) in [6, 6.07) is 11.8. The van der Waals surface area contributed by atoms with Crippen molar-refractivity contribution in [2.45, 2.75) is 0 Å². The number of hydrogen-bond acceptors (Lipinski definition) is 6. The van der Waals surface area contributed by atoms with E-state index in [1.807, 2.05) is 18.2 Å². The zero-order valence-electron chi connectivity index (χ0n) is 10.9. The van der Waals surface area contributed by atoms with E-state index in [4.69, 9.17) is 5.84 Å². The molecule has 0 atom stereocenters. The number of fused-ring (bicyclic) bond motifs is 1. The van der Waals surface area contributed by atoms with E-state index in [1.165, 1.54) is 12.1 Å². The lowest BCUT2D eigenvalue weighted by molar-refractivity contribution is -0.384. The Morgan fingerprint density at radius 2 is 1.95 bits per heavy atom. The lowest BCUT2D eigenvalue weighted by Crippen LogP contribution is -2.10. The number of anilines is 1. The van der Waals surface area contributed by atoms with Crippen molar-refractivity contribution in [3.05, 3.63) is 58.8 Å². The highest BCUT2D eigenvalue weighted by Gasteiger charge is 2.11. The Hall–Kier alpha value is -3.06. The molecule has 2 aromatic heterocycles. The van der Waals surface area contributed by atoms with Gasteiger partial charge in [-0.3, -0.25) is 10.1 Å². The van der Waals surface area contributed by atoms with Gasteiger partial charge >= 0.3 is 0 Å². The highest BCUT2D eigenvalue weighted by molar-refractivity contribution is 5.87. The predicted octanol–water partition coefficient (Wildman–Crippen LogP) is 2.49. The molecule has 3 aromatic rings. The molecule has 104 valence electrons. The fraction of sp³-hybridized carbons (Fsp3) is 0. The third-order valence-corrected chi connectivity index (χ3v) is 3.12. The Labute approximate surface area is 119 Å². The summed E-state index contributed by atoms with van der Waals surface area (Å²) in [5.41, 5.74) is 4.70. The lowest BCUT2D eigenvalue weighted by atomic mass is 10.0. The number of nitrogens with zero attached hydrogens (tertiary/aromatic N) is 3. The van der Waals surface area contributed by atoms with Crippen molar-refractivity contribution in [1.29, 1.82) is 0 Å². The number of hydrogen-bond donors (Lipinski definition) is 2. The average molecular weight is 281 g/mol. The molecule has 0 aliphatic carbocycles. The van der Waals surface area contributed by atoms with Gasteiger partial charge in [0.1, 0.15) is 5.82 Å². The second-order valence-corrected chi connectivity index (χ2v) is 4.38. The summed E-state index contributed by atoms with van der Waals surface area (Å²) in [7, 11) is 0. The second kappa shape index (κ2) is 5.14. The maximum atomic E-state index is 10.7. The molecule has 21 heavy (non-hydrogen) atoms. The average Bonchev–Trinajstić information content (AvgIpc) is 2.53. The van der Waals surface area contributed by atoms with E-state index in [1.54, 1.807) is 18.3 Å². The smallest absolute Gasteiger partial charge is 0.269 e. The minimum absolute atomic E-state index is 0.0384. The van der Waals surface area contributed by atoms with Crippen LogP contribution in [0.5, 0.6) is 0 Å². The molecule has 0 amide bonds. The summed E-state index contributed by atoms with van der Waals surface area (Å²) in [5, 5.41) is 11.6. The molecule has 3 rings (SSSR count). The van der Waals surface area contributed by atoms with Gasteiger partial charge in [-0.05, 0) is 35.9 Å². The Bertz CT molecular complexity index is 817. The van der Waals surface area contributed by atoms with Crippen LogP contribution in [0.25, 0.3) is 22.2 Å². The van der Waals surface area contributed by atoms with Crippen LogP contribution in [-0.4, -0.2) is 14.9 Å². The van der Waals surface area contributed by atoms with Crippen LogP contribution >= 0.6 is 0 Å². The van der Waals surface area contributed by atoms with Gasteiger partial charge in [0.25, 0.3) is 5.69 Å². The lowest BCUT2D eigenvalue weighted by Gasteiger charge is -2.09. The number of benzene rings is 1. The van der Waals surface area contributed by atoms with Gasteiger partial charge in [-0.2, -0.15) is 0 Å². The molecule has 3 N–H and O–H groups in total. The zero-order valence-corrected chi connectivity index (χ0v) is 10.9. The zero-order chi connectivity index (χ0) is 14.8. The molecule has 1 aromatic carbocycles. The van der Waals surface area contributed by atoms with Crippen LogP contribution in [0.1, 0.15) is 0 Å². The van der Waals surface area contributed by atoms with Crippen LogP contribution in [0.2, 0.25) is 0 Å². The molecule has 0 aliphatic rings. The first-order valence-electron chi connectivity index (χ1n) is 6.16. The Morgan fingerprint density at radius 1 is 1.19 bits per heavy atom. The first-order chi connectivity index (χ1) is 10.2. The summed E-state index contributed by atoms with van der Waals surface area (Å²) in [6.45, 7) is 0. The van der Waals surface area contributed by atoms with Gasteiger partial charge in [-0.25, -0.2) is 15.8 Å². The second-order valence-electron chi connectivity index (χ2n) is 4.38. The van der Waals surface area contributed by atoms with E-state index in [9.17, 15) is 10.1 Å². The third kappa shape index (κ3) is 2.37. The molecule has 0 fully saturated rings. The molecule has 0 radical (unpaired) electrons. The summed E-state index contributed by atoms with van der Waals surface area (Å²) in [6.07, 6.45) is 1.65. The Balaban J connectivity index is 2.16. The standard InChI is InChI=1S/C14H11N5O2/c15-18-14-12(8-10-2-1-7-16-13(10)17-14)9-3-5-11(6-4-9)19(20)21/h1-8H,15H2,(H,16,17,18). The number of rotatable bonds is 3. The topological polar surface area (TPSA) is 107 Å². The molecule has 0 aliphatic heterocycles. The Kier molecular flexibility index (Phi) is 3.17. The largest absolute Gasteiger partial charge is 0.308 e. The van der Waals surface area contributed by atoms with E-state index in [-0.39, 0.29) is 5.69 Å². The molecule has 0 saturated carbocycles. The molecule has 7 heteroatoms. The number of aromatic nitrogens is 2. The fourth-order valence-corrected chi connectivity index (χ4v) is 2.10. The summed E-state index contributed by atoms with van der Waals surface area (Å²) in [4.78, 5) is 18.8. The highest BCUT2D eigenvalue weighted by atomic mass is 16.6. The number of nitro groups is 1. The predicted molar refractivity (Wildman–Crippen MR) is 79.4 cm³/mol. The van der Waals surface area contributed by atoms with E-state index in [0.717, 1.165) is 16.5 Å². The van der Waals surface area contributed by atoms with Gasteiger partial charge < -0.3 is 5.43 Å². The van der Waals surface area contributed by atoms with Crippen LogP contribution in [0.3, 0.4) is 0 Å². The number of pyridine rings is 2. The van der Waals surface area contributed by atoms with Crippen LogP contribution in [-0.2, 0) is 0 Å². The van der Waals surface area contributed by atoms with Gasteiger partial charge in [-0.15, -0.1) is 0 Å². The molecular formula is C14H11N5O2. The highest BCUT2D eigenvalue weighted by Crippen LogP contribution is 2.30. The molecule has 0 unspecified atom stereocenters. The van der Waals surface area contributed by atoms with Crippen molar-refractivity contribution in [2.75, 3.05) is 5.43 Å². The van der Waals surface area contributed by atoms with Gasteiger partial charge in [0.2, 0.25) is 0 Å². The third-order valence-electron chi connectivity index (χ3n) is 3.12. The van der Waals surface area contributed by atoms with E-state index in [2.05, 4.69) is 15.4 Å². The first-order valence-corrected chi connectivity index (χ1v) is 6.16. The molecule has 0 spiro atoms. The number of nitrogen functional groups attached to an aromatic ring is 1. The van der Waals surface area contributed by atoms with Crippen molar-refractivity contribution in [3.8, 4) is 11.1 Å². The number of nitro benzene ring substituents is 1. The molecule has 0 bridgehead atoms. The van der Waals surface area contributed by atoms with Gasteiger partial charge in [0.15, 0.2) is 5.65 Å². The van der Waals surface area contributed by atoms with Crippen LogP contribution in [0, 0.1) is 10.1 Å². The molecule has 2 heterocycles. The van der Waals surface area contributed by atoms with Gasteiger partial charge in [-0.1, -0.05) is 0 Å². The van der Waals surface area contributed by atoms with Crippen LogP contribution in [0.4, 0.5) is 11.5 Å². The van der Waals surface area contributed by atoms with Crippen LogP contribution in [0.15, 0.2) is 48.7 Å². The number of hydrazine groups is 1. The number of non-ortho nitro benzene ring substituents is 1. The van der Waals surface area contributed by atoms with Crippen molar-refractivity contribution in [1.82, 2.24) is 9.97 Å². The monoisotopic (exact) mass is 281 g/mol. The van der Waals surface area contributed by atoms with Crippen molar-refractivity contribution in [3.63, 3.8) is 0 Å².